The molecule has 0 aliphatic heterocycles. The van der Waals surface area contributed by atoms with Gasteiger partial charge in [-0.3, -0.25) is 10.1 Å². The van der Waals surface area contributed by atoms with Gasteiger partial charge in [0.1, 0.15) is 0 Å². The van der Waals surface area contributed by atoms with Crippen LogP contribution in [0, 0.1) is 0 Å². The predicted octanol–water partition coefficient (Wildman–Crippen LogP) is 3.72. The van der Waals surface area contributed by atoms with Crippen LogP contribution >= 0.6 is 39.0 Å². The fraction of sp³-hybridized carbons (Fsp3) is 0.308. The lowest BCUT2D eigenvalue weighted by Crippen LogP contribution is -2.11. The van der Waals surface area contributed by atoms with Crippen molar-refractivity contribution in [3.05, 3.63) is 34.3 Å². The van der Waals surface area contributed by atoms with Gasteiger partial charge in [-0.05, 0) is 30.0 Å². The molecule has 0 fully saturated rings. The highest BCUT2D eigenvalue weighted by molar-refractivity contribution is 9.10. The summed E-state index contributed by atoms with van der Waals surface area (Å²) in [7, 11) is 0. The van der Waals surface area contributed by atoms with Gasteiger partial charge >= 0.3 is 0 Å². The van der Waals surface area contributed by atoms with E-state index in [9.17, 15) is 4.79 Å². The maximum Gasteiger partial charge on any atom is 0.257 e. The topological polar surface area (TPSA) is 66.9 Å². The predicted molar refractivity (Wildman–Crippen MR) is 93.5 cm³/mol. The highest BCUT2D eigenvalue weighted by Gasteiger charge is 2.09. The first-order chi connectivity index (χ1) is 10.2. The average molecular weight is 387 g/mol. The molecule has 0 radical (unpaired) electrons. The fourth-order valence-corrected chi connectivity index (χ4v) is 2.95. The zero-order chi connectivity index (χ0) is 15.1. The Hall–Kier alpha value is -1.12. The number of anilines is 2. The number of amides is 1. The molecule has 21 heavy (non-hydrogen) atoms. The third-order valence-electron chi connectivity index (χ3n) is 2.48. The largest absolute Gasteiger partial charge is 0.359 e. The number of rotatable bonds is 7. The Balaban J connectivity index is 1.87. The maximum absolute atomic E-state index is 12.0. The SMILES string of the molecule is CCSCCNc1nnc(NC(=O)c2ccc(Br)cc2)s1. The Bertz CT molecular complexity index is 588. The zero-order valence-corrected chi connectivity index (χ0v) is 14.6. The van der Waals surface area contributed by atoms with Crippen molar-refractivity contribution in [1.82, 2.24) is 10.2 Å². The third-order valence-corrected chi connectivity index (χ3v) is 4.70. The van der Waals surface area contributed by atoms with E-state index >= 15 is 0 Å². The molecule has 0 bridgehead atoms. The molecule has 2 rings (SSSR count). The van der Waals surface area contributed by atoms with Crippen molar-refractivity contribution >= 4 is 55.2 Å². The quantitative estimate of drug-likeness (QED) is 0.709. The Morgan fingerprint density at radius 2 is 2.00 bits per heavy atom. The molecule has 0 aliphatic rings. The minimum atomic E-state index is -0.188. The number of carbonyl (C=O) groups excluding carboxylic acids is 1. The zero-order valence-electron chi connectivity index (χ0n) is 11.4. The van der Waals surface area contributed by atoms with Gasteiger partial charge in [-0.15, -0.1) is 10.2 Å². The molecule has 5 nitrogen and oxygen atoms in total. The molecule has 8 heteroatoms. The van der Waals surface area contributed by atoms with Crippen molar-refractivity contribution in [2.45, 2.75) is 6.92 Å². The molecule has 0 atom stereocenters. The van der Waals surface area contributed by atoms with Gasteiger partial charge in [0.2, 0.25) is 10.3 Å². The summed E-state index contributed by atoms with van der Waals surface area (Å²) in [5, 5.41) is 15.1. The van der Waals surface area contributed by atoms with Crippen molar-refractivity contribution in [3.8, 4) is 0 Å². The lowest BCUT2D eigenvalue weighted by Gasteiger charge is -2.01. The van der Waals surface area contributed by atoms with Crippen LogP contribution in [-0.2, 0) is 0 Å². The second-order valence-electron chi connectivity index (χ2n) is 4.00. The van der Waals surface area contributed by atoms with Gasteiger partial charge in [0.15, 0.2) is 0 Å². The van der Waals surface area contributed by atoms with Crippen LogP contribution in [0.4, 0.5) is 10.3 Å². The molecule has 0 spiro atoms. The summed E-state index contributed by atoms with van der Waals surface area (Å²) in [6, 6.07) is 7.16. The third kappa shape index (κ3) is 5.29. The molecule has 0 saturated carbocycles. The first kappa shape index (κ1) is 16.3. The van der Waals surface area contributed by atoms with Gasteiger partial charge in [-0.25, -0.2) is 0 Å². The molecular formula is C13H15BrN4OS2. The molecule has 2 N–H and O–H groups in total. The number of thioether (sulfide) groups is 1. The van der Waals surface area contributed by atoms with Crippen LogP contribution in [0.3, 0.4) is 0 Å². The molecule has 2 aromatic rings. The summed E-state index contributed by atoms with van der Waals surface area (Å²) in [6.07, 6.45) is 0. The van der Waals surface area contributed by atoms with E-state index in [0.717, 1.165) is 27.7 Å². The normalized spacial score (nSPS) is 10.4. The van der Waals surface area contributed by atoms with Gasteiger partial charge in [0.25, 0.3) is 5.91 Å². The van der Waals surface area contributed by atoms with E-state index in [1.54, 1.807) is 12.1 Å². The monoisotopic (exact) mass is 386 g/mol. The van der Waals surface area contributed by atoms with E-state index in [0.29, 0.717) is 10.7 Å². The second kappa shape index (κ2) is 8.35. The number of nitrogens with zero attached hydrogens (tertiary/aromatic N) is 2. The van der Waals surface area contributed by atoms with Gasteiger partial charge in [0, 0.05) is 22.3 Å². The fourth-order valence-electron chi connectivity index (χ4n) is 1.49. The van der Waals surface area contributed by atoms with E-state index in [1.807, 2.05) is 23.9 Å². The van der Waals surface area contributed by atoms with E-state index < -0.39 is 0 Å². The summed E-state index contributed by atoms with van der Waals surface area (Å²) < 4.78 is 0.936. The molecule has 0 unspecified atom stereocenters. The number of hydrogen-bond donors (Lipinski definition) is 2. The minimum Gasteiger partial charge on any atom is -0.359 e. The number of halogens is 1. The van der Waals surface area contributed by atoms with Crippen LogP contribution in [-0.4, -0.2) is 34.2 Å². The maximum atomic E-state index is 12.0. The van der Waals surface area contributed by atoms with Gasteiger partial charge < -0.3 is 5.32 Å². The van der Waals surface area contributed by atoms with Crippen LogP contribution in [0.25, 0.3) is 0 Å². The summed E-state index contributed by atoms with van der Waals surface area (Å²) in [5.41, 5.74) is 0.585. The standard InChI is InChI=1S/C13H15BrN4OS2/c1-2-20-8-7-15-12-17-18-13(21-12)16-11(19)9-3-5-10(14)6-4-9/h3-6H,2,7-8H2,1H3,(H,15,17)(H,16,18,19). The number of nitrogens with one attached hydrogen (secondary N) is 2. The van der Waals surface area contributed by atoms with Crippen LogP contribution in [0.5, 0.6) is 0 Å². The summed E-state index contributed by atoms with van der Waals surface area (Å²) in [6.45, 7) is 2.97. The van der Waals surface area contributed by atoms with Gasteiger partial charge in [-0.1, -0.05) is 34.2 Å². The van der Waals surface area contributed by atoms with Crippen LogP contribution in [0.15, 0.2) is 28.7 Å². The summed E-state index contributed by atoms with van der Waals surface area (Å²) >= 11 is 6.53. The van der Waals surface area contributed by atoms with Crippen LogP contribution in [0.1, 0.15) is 17.3 Å². The van der Waals surface area contributed by atoms with Crippen molar-refractivity contribution in [2.75, 3.05) is 28.7 Å². The van der Waals surface area contributed by atoms with Crippen LogP contribution in [0.2, 0.25) is 0 Å². The molecule has 1 amide bonds. The second-order valence-corrected chi connectivity index (χ2v) is 7.28. The van der Waals surface area contributed by atoms with Crippen molar-refractivity contribution in [2.24, 2.45) is 0 Å². The minimum absolute atomic E-state index is 0.188. The smallest absolute Gasteiger partial charge is 0.257 e. The Labute approximate surface area is 140 Å². The van der Waals surface area contributed by atoms with Crippen molar-refractivity contribution in [1.29, 1.82) is 0 Å². The molecular weight excluding hydrogens is 372 g/mol. The summed E-state index contributed by atoms with van der Waals surface area (Å²) in [5.74, 6) is 1.94. The number of hydrogen-bond acceptors (Lipinski definition) is 6. The molecule has 1 aromatic heterocycles. The van der Waals surface area contributed by atoms with Crippen LogP contribution < -0.4 is 10.6 Å². The highest BCUT2D eigenvalue weighted by Crippen LogP contribution is 2.21. The lowest BCUT2D eigenvalue weighted by molar-refractivity contribution is 0.102. The average Bonchev–Trinajstić information content (AvgIpc) is 2.92. The summed E-state index contributed by atoms with van der Waals surface area (Å²) in [4.78, 5) is 12.0. The highest BCUT2D eigenvalue weighted by atomic mass is 79.9. The molecule has 1 aromatic carbocycles. The Morgan fingerprint density at radius 3 is 2.71 bits per heavy atom. The van der Waals surface area contributed by atoms with E-state index in [1.165, 1.54) is 11.3 Å². The van der Waals surface area contributed by atoms with E-state index in [2.05, 4.69) is 43.7 Å². The Morgan fingerprint density at radius 1 is 1.29 bits per heavy atom. The molecule has 0 saturated heterocycles. The molecule has 112 valence electrons. The number of carbonyl (C=O) groups is 1. The van der Waals surface area contributed by atoms with Crippen molar-refractivity contribution in [3.63, 3.8) is 0 Å². The molecule has 1 heterocycles. The lowest BCUT2D eigenvalue weighted by atomic mass is 10.2. The van der Waals surface area contributed by atoms with Gasteiger partial charge in [0.05, 0.1) is 0 Å². The number of aromatic nitrogens is 2. The van der Waals surface area contributed by atoms with Crippen molar-refractivity contribution < 1.29 is 4.79 Å². The number of benzene rings is 1. The van der Waals surface area contributed by atoms with E-state index in [-0.39, 0.29) is 5.91 Å². The first-order valence-electron chi connectivity index (χ1n) is 6.41. The Kier molecular flexibility index (Phi) is 6.47. The van der Waals surface area contributed by atoms with E-state index in [4.69, 9.17) is 0 Å². The first-order valence-corrected chi connectivity index (χ1v) is 9.17. The molecule has 0 aliphatic carbocycles. The van der Waals surface area contributed by atoms with Gasteiger partial charge in [-0.2, -0.15) is 11.8 Å².